The highest BCUT2D eigenvalue weighted by Gasteiger charge is 2.11. The molecule has 0 saturated heterocycles. The van der Waals surface area contributed by atoms with E-state index >= 15 is 0 Å². The number of benzene rings is 1. The van der Waals surface area contributed by atoms with Gasteiger partial charge in [-0.2, -0.15) is 0 Å². The highest BCUT2D eigenvalue weighted by Crippen LogP contribution is 2.42. The molecule has 0 aliphatic heterocycles. The first-order valence-corrected chi connectivity index (χ1v) is 5.73. The van der Waals surface area contributed by atoms with Gasteiger partial charge in [-0.25, -0.2) is 0 Å². The predicted molar refractivity (Wildman–Crippen MR) is 63.3 cm³/mol. The molecule has 0 N–H and O–H groups in total. The summed E-state index contributed by atoms with van der Waals surface area (Å²) in [7, 11) is 1.67. The van der Waals surface area contributed by atoms with Gasteiger partial charge in [0.25, 0.3) is 0 Å². The molecular formula is C9H7BrOS2. The molecule has 2 rings (SSSR count). The molecule has 0 atom stereocenters. The lowest BCUT2D eigenvalue weighted by Crippen LogP contribution is -1.77. The van der Waals surface area contributed by atoms with E-state index in [1.165, 1.54) is 4.70 Å². The van der Waals surface area contributed by atoms with Crippen molar-refractivity contribution < 1.29 is 4.74 Å². The molecule has 0 radical (unpaired) electrons. The zero-order valence-corrected chi connectivity index (χ0v) is 10.2. The van der Waals surface area contributed by atoms with Crippen LogP contribution < -0.4 is 4.74 Å². The van der Waals surface area contributed by atoms with Crippen LogP contribution in [-0.4, -0.2) is 7.11 Å². The van der Waals surface area contributed by atoms with E-state index in [2.05, 4.69) is 34.6 Å². The molecule has 4 heteroatoms. The fraction of sp³-hybridized carbons (Fsp3) is 0.111. The summed E-state index contributed by atoms with van der Waals surface area (Å²) >= 11 is 9.52. The first-order chi connectivity index (χ1) is 6.24. The maximum absolute atomic E-state index is 5.21. The van der Waals surface area contributed by atoms with Gasteiger partial charge in [0.05, 0.1) is 12.0 Å². The molecule has 0 aliphatic rings. The standard InChI is InChI=1S/C9H7BrOS2/c1-11-9-8(12)7-5(10)3-2-4-6(7)13-9/h2-4,12H,1H3. The van der Waals surface area contributed by atoms with Crippen molar-refractivity contribution in [3.63, 3.8) is 0 Å². The smallest absolute Gasteiger partial charge is 0.188 e. The van der Waals surface area contributed by atoms with Gasteiger partial charge in [0.1, 0.15) is 0 Å². The molecule has 1 aromatic carbocycles. The normalized spacial score (nSPS) is 10.7. The molecule has 2 aromatic rings. The van der Waals surface area contributed by atoms with Crippen molar-refractivity contribution in [1.29, 1.82) is 0 Å². The second-order valence-corrected chi connectivity index (χ2v) is 4.87. The van der Waals surface area contributed by atoms with E-state index in [0.717, 1.165) is 19.8 Å². The topological polar surface area (TPSA) is 9.23 Å². The first kappa shape index (κ1) is 9.37. The fourth-order valence-corrected chi connectivity index (χ4v) is 3.54. The summed E-state index contributed by atoms with van der Waals surface area (Å²) in [5, 5.41) is 2.00. The molecule has 13 heavy (non-hydrogen) atoms. The second kappa shape index (κ2) is 3.52. The minimum absolute atomic E-state index is 0.866. The third-order valence-corrected chi connectivity index (χ3v) is 4.15. The zero-order chi connectivity index (χ0) is 9.42. The Morgan fingerprint density at radius 3 is 2.85 bits per heavy atom. The van der Waals surface area contributed by atoms with Crippen molar-refractivity contribution in [2.75, 3.05) is 7.11 Å². The quantitative estimate of drug-likeness (QED) is 0.775. The van der Waals surface area contributed by atoms with Crippen molar-refractivity contribution in [2.24, 2.45) is 0 Å². The van der Waals surface area contributed by atoms with Crippen LogP contribution in [0.2, 0.25) is 0 Å². The van der Waals surface area contributed by atoms with Gasteiger partial charge in [0, 0.05) is 14.6 Å². The summed E-state index contributed by atoms with van der Waals surface area (Å²) in [4.78, 5) is 0.912. The summed E-state index contributed by atoms with van der Waals surface area (Å²) in [6, 6.07) is 6.08. The minimum atomic E-state index is 0.866. The number of methoxy groups -OCH3 is 1. The molecule has 0 fully saturated rings. The molecule has 0 aliphatic carbocycles. The van der Waals surface area contributed by atoms with Crippen LogP contribution in [0.4, 0.5) is 0 Å². The van der Waals surface area contributed by atoms with Crippen molar-refractivity contribution in [3.8, 4) is 5.06 Å². The predicted octanol–water partition coefficient (Wildman–Crippen LogP) is 3.96. The van der Waals surface area contributed by atoms with Gasteiger partial charge < -0.3 is 4.74 Å². The van der Waals surface area contributed by atoms with Crippen molar-refractivity contribution in [2.45, 2.75) is 4.90 Å². The zero-order valence-electron chi connectivity index (χ0n) is 6.87. The highest BCUT2D eigenvalue weighted by molar-refractivity contribution is 9.10. The van der Waals surface area contributed by atoms with Crippen LogP contribution in [0.3, 0.4) is 0 Å². The Labute approximate surface area is 94.3 Å². The lowest BCUT2D eigenvalue weighted by molar-refractivity contribution is 0.419. The van der Waals surface area contributed by atoms with E-state index in [1.54, 1.807) is 18.4 Å². The van der Waals surface area contributed by atoms with Gasteiger partial charge >= 0.3 is 0 Å². The monoisotopic (exact) mass is 274 g/mol. The van der Waals surface area contributed by atoms with Crippen LogP contribution in [0.5, 0.6) is 5.06 Å². The number of hydrogen-bond donors (Lipinski definition) is 1. The van der Waals surface area contributed by atoms with E-state index in [-0.39, 0.29) is 0 Å². The molecule has 1 heterocycles. The maximum Gasteiger partial charge on any atom is 0.188 e. The summed E-state index contributed by atoms with van der Waals surface area (Å²) in [5.74, 6) is 0. The third kappa shape index (κ3) is 1.47. The Balaban J connectivity index is 2.85. The van der Waals surface area contributed by atoms with E-state index in [1.807, 2.05) is 12.1 Å². The van der Waals surface area contributed by atoms with Crippen molar-refractivity contribution in [1.82, 2.24) is 0 Å². The number of thiol groups is 1. The number of thiophene rings is 1. The first-order valence-electron chi connectivity index (χ1n) is 3.68. The van der Waals surface area contributed by atoms with E-state index in [0.29, 0.717) is 0 Å². The lowest BCUT2D eigenvalue weighted by atomic mass is 10.3. The highest BCUT2D eigenvalue weighted by atomic mass is 79.9. The van der Waals surface area contributed by atoms with Crippen LogP contribution in [0, 0.1) is 0 Å². The summed E-state index contributed by atoms with van der Waals surface area (Å²) in [6.07, 6.45) is 0. The summed E-state index contributed by atoms with van der Waals surface area (Å²) < 4.78 is 7.46. The Bertz CT molecular complexity index is 450. The van der Waals surface area contributed by atoms with Gasteiger partial charge in [-0.05, 0) is 12.1 Å². The summed E-state index contributed by atoms with van der Waals surface area (Å²) in [6.45, 7) is 0. The number of hydrogen-bond acceptors (Lipinski definition) is 3. The Hall–Kier alpha value is -0.190. The Morgan fingerprint density at radius 2 is 2.23 bits per heavy atom. The molecule has 0 spiro atoms. The molecule has 0 amide bonds. The molecule has 0 saturated carbocycles. The van der Waals surface area contributed by atoms with E-state index in [4.69, 9.17) is 4.74 Å². The number of halogens is 1. The van der Waals surface area contributed by atoms with Crippen LogP contribution in [0.1, 0.15) is 0 Å². The number of ether oxygens (including phenoxy) is 1. The third-order valence-electron chi connectivity index (χ3n) is 1.79. The fourth-order valence-electron chi connectivity index (χ4n) is 1.21. The van der Waals surface area contributed by atoms with Crippen LogP contribution in [0.25, 0.3) is 10.1 Å². The summed E-state index contributed by atoms with van der Waals surface area (Å²) in [5.41, 5.74) is 0. The average Bonchev–Trinajstić information content (AvgIpc) is 2.44. The van der Waals surface area contributed by atoms with Gasteiger partial charge in [-0.3, -0.25) is 0 Å². The second-order valence-electron chi connectivity index (χ2n) is 2.56. The van der Waals surface area contributed by atoms with Gasteiger partial charge in [0.2, 0.25) is 0 Å². The SMILES string of the molecule is COc1sc2cccc(Br)c2c1S. The maximum atomic E-state index is 5.21. The van der Waals surface area contributed by atoms with Gasteiger partial charge in [0.15, 0.2) is 5.06 Å². The van der Waals surface area contributed by atoms with Crippen LogP contribution in [-0.2, 0) is 0 Å². The molecule has 0 unspecified atom stereocenters. The number of fused-ring (bicyclic) bond motifs is 1. The lowest BCUT2D eigenvalue weighted by Gasteiger charge is -1.95. The molecule has 0 bridgehead atoms. The van der Waals surface area contributed by atoms with Gasteiger partial charge in [-0.15, -0.1) is 12.6 Å². The van der Waals surface area contributed by atoms with Gasteiger partial charge in [-0.1, -0.05) is 33.3 Å². The average molecular weight is 275 g/mol. The molecule has 1 aromatic heterocycles. The van der Waals surface area contributed by atoms with E-state index < -0.39 is 0 Å². The minimum Gasteiger partial charge on any atom is -0.486 e. The molecule has 1 nitrogen and oxygen atoms in total. The Kier molecular flexibility index (Phi) is 2.53. The Morgan fingerprint density at radius 1 is 1.46 bits per heavy atom. The largest absolute Gasteiger partial charge is 0.486 e. The van der Waals surface area contributed by atoms with Crippen LogP contribution in [0.15, 0.2) is 27.6 Å². The van der Waals surface area contributed by atoms with Crippen molar-refractivity contribution in [3.05, 3.63) is 22.7 Å². The van der Waals surface area contributed by atoms with E-state index in [9.17, 15) is 0 Å². The molecular weight excluding hydrogens is 268 g/mol. The van der Waals surface area contributed by atoms with Crippen LogP contribution >= 0.6 is 39.9 Å². The van der Waals surface area contributed by atoms with Crippen molar-refractivity contribution >= 4 is 50.0 Å². The molecule has 68 valence electrons. The number of rotatable bonds is 1.